The summed E-state index contributed by atoms with van der Waals surface area (Å²) in [4.78, 5) is 28.1. The molecule has 1 fully saturated rings. The van der Waals surface area contributed by atoms with Crippen molar-refractivity contribution in [3.05, 3.63) is 32.7 Å². The molecule has 0 saturated heterocycles. The van der Waals surface area contributed by atoms with Crippen LogP contribution in [-0.4, -0.2) is 42.1 Å². The fourth-order valence-corrected chi connectivity index (χ4v) is 2.84. The number of rotatable bonds is 4. The molecule has 5 nitrogen and oxygen atoms in total. The molecule has 0 unspecified atom stereocenters. The summed E-state index contributed by atoms with van der Waals surface area (Å²) in [5.74, 6) is -0.158. The number of nitrogens with one attached hydrogen (secondary N) is 1. The van der Waals surface area contributed by atoms with E-state index in [-0.39, 0.29) is 17.0 Å². The number of aromatic nitrogens is 1. The van der Waals surface area contributed by atoms with Crippen molar-refractivity contribution in [3.8, 4) is 0 Å². The number of H-pyrrole nitrogens is 1. The number of carbonyl (C=O) groups excluding carboxylic acids is 1. The second-order valence-corrected chi connectivity index (χ2v) is 5.79. The summed E-state index contributed by atoms with van der Waals surface area (Å²) in [5.41, 5.74) is -0.128. The third-order valence-electron chi connectivity index (χ3n) is 3.82. The normalized spacial score (nSPS) is 16.8. The standard InChI is InChI=1S/C13H17BrN2O3/c1-16(13(8-19-2)4-3-5-13)12(18)9-6-11(17)15-7-10(9)14/h6-7H,3-5,8H2,1-2H3,(H,15,17). The van der Waals surface area contributed by atoms with E-state index in [2.05, 4.69) is 20.9 Å². The molecule has 0 bridgehead atoms. The van der Waals surface area contributed by atoms with Crippen LogP contribution in [-0.2, 0) is 4.74 Å². The van der Waals surface area contributed by atoms with Crippen LogP contribution in [0.4, 0.5) is 0 Å². The van der Waals surface area contributed by atoms with E-state index in [1.807, 2.05) is 0 Å². The first-order valence-corrected chi connectivity index (χ1v) is 6.95. The highest BCUT2D eigenvalue weighted by Crippen LogP contribution is 2.38. The monoisotopic (exact) mass is 328 g/mol. The van der Waals surface area contributed by atoms with Crippen molar-refractivity contribution < 1.29 is 9.53 Å². The van der Waals surface area contributed by atoms with Crippen LogP contribution in [0, 0.1) is 0 Å². The maximum absolute atomic E-state index is 12.5. The van der Waals surface area contributed by atoms with E-state index in [1.165, 1.54) is 12.3 Å². The van der Waals surface area contributed by atoms with Gasteiger partial charge in [-0.3, -0.25) is 9.59 Å². The van der Waals surface area contributed by atoms with Gasteiger partial charge in [0.15, 0.2) is 0 Å². The number of methoxy groups -OCH3 is 1. The molecule has 0 atom stereocenters. The number of pyridine rings is 1. The molecule has 1 heterocycles. The Balaban J connectivity index is 2.28. The summed E-state index contributed by atoms with van der Waals surface area (Å²) in [6, 6.07) is 1.32. The summed E-state index contributed by atoms with van der Waals surface area (Å²) >= 11 is 3.30. The van der Waals surface area contributed by atoms with Crippen molar-refractivity contribution in [3.63, 3.8) is 0 Å². The van der Waals surface area contributed by atoms with Crippen molar-refractivity contribution in [1.82, 2.24) is 9.88 Å². The molecule has 1 saturated carbocycles. The molecule has 6 heteroatoms. The summed E-state index contributed by atoms with van der Waals surface area (Å²) in [7, 11) is 3.41. The number of likely N-dealkylation sites (N-methyl/N-ethyl adjacent to an activating group) is 1. The van der Waals surface area contributed by atoms with Gasteiger partial charge in [-0.15, -0.1) is 0 Å². The molecule has 104 valence electrons. The van der Waals surface area contributed by atoms with Gasteiger partial charge in [-0.2, -0.15) is 0 Å². The van der Waals surface area contributed by atoms with Crippen molar-refractivity contribution in [2.75, 3.05) is 20.8 Å². The van der Waals surface area contributed by atoms with E-state index >= 15 is 0 Å². The third-order valence-corrected chi connectivity index (χ3v) is 4.47. The van der Waals surface area contributed by atoms with E-state index in [9.17, 15) is 9.59 Å². The Hall–Kier alpha value is -1.14. The predicted octanol–water partition coefficient (Wildman–Crippen LogP) is 1.78. The van der Waals surface area contributed by atoms with Crippen LogP contribution in [0.15, 0.2) is 21.5 Å². The van der Waals surface area contributed by atoms with Crippen LogP contribution >= 0.6 is 15.9 Å². The van der Waals surface area contributed by atoms with Crippen LogP contribution < -0.4 is 5.56 Å². The molecular weight excluding hydrogens is 312 g/mol. The average molecular weight is 329 g/mol. The Labute approximate surface area is 120 Å². The van der Waals surface area contributed by atoms with Crippen molar-refractivity contribution >= 4 is 21.8 Å². The van der Waals surface area contributed by atoms with E-state index in [0.29, 0.717) is 16.6 Å². The van der Waals surface area contributed by atoms with Gasteiger partial charge >= 0.3 is 0 Å². The van der Waals surface area contributed by atoms with Crippen molar-refractivity contribution in [2.24, 2.45) is 0 Å². The fourth-order valence-electron chi connectivity index (χ4n) is 2.44. The first-order chi connectivity index (χ1) is 9.00. The van der Waals surface area contributed by atoms with E-state index in [4.69, 9.17) is 4.74 Å². The number of hydrogen-bond donors (Lipinski definition) is 1. The third kappa shape index (κ3) is 2.60. The minimum Gasteiger partial charge on any atom is -0.382 e. The van der Waals surface area contributed by atoms with Crippen LogP contribution in [0.1, 0.15) is 29.6 Å². The molecule has 0 aliphatic heterocycles. The Kier molecular flexibility index (Phi) is 4.10. The molecular formula is C13H17BrN2O3. The quantitative estimate of drug-likeness (QED) is 0.916. The van der Waals surface area contributed by atoms with E-state index < -0.39 is 0 Å². The van der Waals surface area contributed by atoms with Gasteiger partial charge in [0.2, 0.25) is 5.56 Å². The molecule has 1 aliphatic carbocycles. The molecule has 1 aliphatic rings. The minimum atomic E-state index is -0.283. The Morgan fingerprint density at radius 1 is 1.58 bits per heavy atom. The van der Waals surface area contributed by atoms with Gasteiger partial charge in [0.05, 0.1) is 17.7 Å². The van der Waals surface area contributed by atoms with Gasteiger partial charge in [-0.25, -0.2) is 0 Å². The number of halogens is 1. The highest BCUT2D eigenvalue weighted by Gasteiger charge is 2.43. The van der Waals surface area contributed by atoms with Crippen LogP contribution in [0.2, 0.25) is 0 Å². The summed E-state index contributed by atoms with van der Waals surface area (Å²) in [5, 5.41) is 0. The van der Waals surface area contributed by atoms with Crippen LogP contribution in [0.3, 0.4) is 0 Å². The van der Waals surface area contributed by atoms with Crippen molar-refractivity contribution in [1.29, 1.82) is 0 Å². The maximum atomic E-state index is 12.5. The lowest BCUT2D eigenvalue weighted by molar-refractivity contribution is -0.0186. The molecule has 1 N–H and O–H groups in total. The number of nitrogens with zero attached hydrogens (tertiary/aromatic N) is 1. The van der Waals surface area contributed by atoms with E-state index in [0.717, 1.165) is 19.3 Å². The molecule has 0 spiro atoms. The van der Waals surface area contributed by atoms with E-state index in [1.54, 1.807) is 19.1 Å². The second kappa shape index (κ2) is 5.46. The molecule has 1 aromatic heterocycles. The smallest absolute Gasteiger partial charge is 0.255 e. The van der Waals surface area contributed by atoms with Crippen molar-refractivity contribution in [2.45, 2.75) is 24.8 Å². The number of hydrogen-bond acceptors (Lipinski definition) is 3. The minimum absolute atomic E-state index is 0.158. The van der Waals surface area contributed by atoms with Gasteiger partial charge in [0, 0.05) is 30.9 Å². The Bertz CT molecular complexity index is 537. The molecule has 1 aromatic rings. The Morgan fingerprint density at radius 2 is 2.26 bits per heavy atom. The summed E-state index contributed by atoms with van der Waals surface area (Å²) in [6.07, 6.45) is 4.46. The highest BCUT2D eigenvalue weighted by molar-refractivity contribution is 9.10. The number of ether oxygens (including phenoxy) is 1. The van der Waals surface area contributed by atoms with Gasteiger partial charge < -0.3 is 14.6 Å². The van der Waals surface area contributed by atoms with Gasteiger partial charge in [0.25, 0.3) is 5.91 Å². The summed E-state index contributed by atoms with van der Waals surface area (Å²) in [6.45, 7) is 0.524. The second-order valence-electron chi connectivity index (χ2n) is 4.93. The highest BCUT2D eigenvalue weighted by atomic mass is 79.9. The van der Waals surface area contributed by atoms with Gasteiger partial charge in [-0.05, 0) is 35.2 Å². The number of amides is 1. The molecule has 19 heavy (non-hydrogen) atoms. The van der Waals surface area contributed by atoms with Gasteiger partial charge in [-0.1, -0.05) is 0 Å². The maximum Gasteiger partial charge on any atom is 0.255 e. The number of carbonyl (C=O) groups is 1. The first kappa shape index (κ1) is 14.3. The predicted molar refractivity (Wildman–Crippen MR) is 75.3 cm³/mol. The molecule has 1 amide bonds. The summed E-state index contributed by atoms with van der Waals surface area (Å²) < 4.78 is 5.83. The largest absolute Gasteiger partial charge is 0.382 e. The first-order valence-electron chi connectivity index (χ1n) is 6.15. The molecule has 2 rings (SSSR count). The number of aromatic amines is 1. The topological polar surface area (TPSA) is 62.4 Å². The van der Waals surface area contributed by atoms with Crippen LogP contribution in [0.5, 0.6) is 0 Å². The van der Waals surface area contributed by atoms with Crippen LogP contribution in [0.25, 0.3) is 0 Å². The molecule has 0 aromatic carbocycles. The molecule has 0 radical (unpaired) electrons. The lowest BCUT2D eigenvalue weighted by Gasteiger charge is -2.48. The average Bonchev–Trinajstić information content (AvgIpc) is 2.35. The fraction of sp³-hybridized carbons (Fsp3) is 0.538. The zero-order valence-electron chi connectivity index (χ0n) is 11.0. The SMILES string of the molecule is COCC1(N(C)C(=O)c2cc(=O)[nH]cc2Br)CCC1. The zero-order valence-corrected chi connectivity index (χ0v) is 12.6. The lowest BCUT2D eigenvalue weighted by Crippen LogP contribution is -2.57. The Morgan fingerprint density at radius 3 is 2.79 bits per heavy atom. The lowest BCUT2D eigenvalue weighted by atomic mass is 9.76. The van der Waals surface area contributed by atoms with Gasteiger partial charge in [0.1, 0.15) is 0 Å². The zero-order chi connectivity index (χ0) is 14.0.